The number of pyridine rings is 2. The summed E-state index contributed by atoms with van der Waals surface area (Å²) in [7, 11) is 0. The molecule has 0 spiro atoms. The Morgan fingerprint density at radius 3 is 2.57 bits per heavy atom. The molecule has 0 aliphatic carbocycles. The van der Waals surface area contributed by atoms with Crippen molar-refractivity contribution in [2.75, 3.05) is 0 Å². The molecule has 0 aliphatic heterocycles. The average molecular weight is 223 g/mol. The lowest BCUT2D eigenvalue weighted by atomic mass is 10.5. The van der Waals surface area contributed by atoms with Crippen LogP contribution in [-0.4, -0.2) is 9.97 Å². The monoisotopic (exact) mass is 222 g/mol. The molecule has 0 atom stereocenters. The van der Waals surface area contributed by atoms with Crippen molar-refractivity contribution in [3.05, 3.63) is 47.7 Å². The van der Waals surface area contributed by atoms with Gasteiger partial charge in [-0.2, -0.15) is 0 Å². The van der Waals surface area contributed by atoms with Gasteiger partial charge in [-0.15, -0.1) is 0 Å². The van der Waals surface area contributed by atoms with Gasteiger partial charge < -0.3 is 0 Å². The third-order valence-corrected chi connectivity index (χ3v) is 2.63. The average Bonchev–Trinajstić information content (AvgIpc) is 2.19. The molecule has 70 valence electrons. The number of hydrogen-bond donors (Lipinski definition) is 0. The van der Waals surface area contributed by atoms with Crippen LogP contribution in [0.2, 0.25) is 5.15 Å². The van der Waals surface area contributed by atoms with Crippen molar-refractivity contribution < 1.29 is 0 Å². The first-order chi connectivity index (χ1) is 6.84. The molecule has 2 heterocycles. The molecule has 0 N–H and O–H groups in total. The van der Waals surface area contributed by atoms with Gasteiger partial charge in [-0.1, -0.05) is 35.5 Å². The summed E-state index contributed by atoms with van der Waals surface area (Å²) < 4.78 is 0. The number of hydrogen-bond acceptors (Lipinski definition) is 3. The lowest BCUT2D eigenvalue weighted by molar-refractivity contribution is 1.09. The van der Waals surface area contributed by atoms with Crippen molar-refractivity contribution in [2.24, 2.45) is 0 Å². The fourth-order valence-electron chi connectivity index (χ4n) is 0.961. The number of aromatic nitrogens is 2. The number of rotatable bonds is 2. The second-order valence-electron chi connectivity index (χ2n) is 2.57. The molecule has 0 saturated heterocycles. The zero-order chi connectivity index (χ0) is 9.80. The van der Waals surface area contributed by atoms with E-state index in [0.29, 0.717) is 5.15 Å². The van der Waals surface area contributed by atoms with E-state index in [2.05, 4.69) is 9.97 Å². The normalized spacial score (nSPS) is 10.1. The van der Waals surface area contributed by atoms with Crippen molar-refractivity contribution in [1.82, 2.24) is 9.97 Å². The van der Waals surface area contributed by atoms with Crippen molar-refractivity contribution in [2.45, 2.75) is 10.1 Å². The van der Waals surface area contributed by atoms with Gasteiger partial charge in [-0.05, 0) is 24.3 Å². The van der Waals surface area contributed by atoms with Crippen LogP contribution >= 0.6 is 23.4 Å². The van der Waals surface area contributed by atoms with E-state index in [4.69, 9.17) is 11.6 Å². The van der Waals surface area contributed by atoms with Gasteiger partial charge in [0.15, 0.2) is 0 Å². The second kappa shape index (κ2) is 4.44. The molecule has 2 nitrogen and oxygen atoms in total. The van der Waals surface area contributed by atoms with Crippen LogP contribution in [0.3, 0.4) is 0 Å². The van der Waals surface area contributed by atoms with Gasteiger partial charge >= 0.3 is 0 Å². The van der Waals surface area contributed by atoms with E-state index in [1.165, 1.54) is 11.8 Å². The van der Waals surface area contributed by atoms with E-state index < -0.39 is 0 Å². The molecule has 0 radical (unpaired) electrons. The van der Waals surface area contributed by atoms with Gasteiger partial charge in [0.25, 0.3) is 0 Å². The highest BCUT2D eigenvalue weighted by Gasteiger charge is 1.99. The zero-order valence-electron chi connectivity index (χ0n) is 7.22. The third-order valence-electron chi connectivity index (χ3n) is 1.54. The molecular weight excluding hydrogens is 216 g/mol. The maximum atomic E-state index is 5.77. The van der Waals surface area contributed by atoms with Gasteiger partial charge in [0.2, 0.25) is 0 Å². The molecule has 0 fully saturated rings. The molecule has 2 rings (SSSR count). The Bertz CT molecular complexity index is 419. The quantitative estimate of drug-likeness (QED) is 0.730. The lowest BCUT2D eigenvalue weighted by Crippen LogP contribution is -1.81. The number of nitrogens with zero attached hydrogens (tertiary/aromatic N) is 2. The highest BCUT2D eigenvalue weighted by atomic mass is 35.5. The lowest BCUT2D eigenvalue weighted by Gasteiger charge is -1.98. The second-order valence-corrected chi connectivity index (χ2v) is 4.00. The van der Waals surface area contributed by atoms with E-state index >= 15 is 0 Å². The van der Waals surface area contributed by atoms with Crippen LogP contribution in [0.1, 0.15) is 0 Å². The Kier molecular flexibility index (Phi) is 3.01. The van der Waals surface area contributed by atoms with Crippen LogP contribution < -0.4 is 0 Å². The minimum Gasteiger partial charge on any atom is -0.250 e. The molecule has 2 aromatic heterocycles. The van der Waals surface area contributed by atoms with Crippen molar-refractivity contribution in [3.63, 3.8) is 0 Å². The van der Waals surface area contributed by atoms with E-state index in [0.717, 1.165) is 10.1 Å². The maximum absolute atomic E-state index is 5.77. The standard InChI is InChI=1S/C10H7ClN2S/c11-8-4-3-6-10(13-8)14-9-5-1-2-7-12-9/h1-7H. The summed E-state index contributed by atoms with van der Waals surface area (Å²) in [5.41, 5.74) is 0. The van der Waals surface area contributed by atoms with E-state index in [1.807, 2.05) is 30.3 Å². The summed E-state index contributed by atoms with van der Waals surface area (Å²) in [5, 5.41) is 2.28. The summed E-state index contributed by atoms with van der Waals surface area (Å²) >= 11 is 7.26. The molecule has 2 aromatic rings. The Hall–Kier alpha value is -1.06. The smallest absolute Gasteiger partial charge is 0.130 e. The number of halogens is 1. The molecule has 0 unspecified atom stereocenters. The molecule has 0 amide bonds. The molecule has 0 bridgehead atoms. The molecule has 4 heteroatoms. The van der Waals surface area contributed by atoms with Gasteiger partial charge in [0.1, 0.15) is 15.2 Å². The predicted molar refractivity (Wildman–Crippen MR) is 57.6 cm³/mol. The van der Waals surface area contributed by atoms with Crippen molar-refractivity contribution in [3.8, 4) is 0 Å². The Morgan fingerprint density at radius 1 is 1.00 bits per heavy atom. The highest BCUT2D eigenvalue weighted by molar-refractivity contribution is 7.99. The molecule has 14 heavy (non-hydrogen) atoms. The van der Waals surface area contributed by atoms with Gasteiger partial charge in [0.05, 0.1) is 0 Å². The highest BCUT2D eigenvalue weighted by Crippen LogP contribution is 2.24. The van der Waals surface area contributed by atoms with Crippen molar-refractivity contribution >= 4 is 23.4 Å². The Labute approximate surface area is 91.4 Å². The third kappa shape index (κ3) is 2.47. The summed E-state index contributed by atoms with van der Waals surface area (Å²) in [4.78, 5) is 8.34. The zero-order valence-corrected chi connectivity index (χ0v) is 8.79. The molecule has 0 aliphatic rings. The van der Waals surface area contributed by atoms with Crippen LogP contribution in [0.25, 0.3) is 0 Å². The first-order valence-electron chi connectivity index (χ1n) is 4.06. The van der Waals surface area contributed by atoms with E-state index in [9.17, 15) is 0 Å². The topological polar surface area (TPSA) is 25.8 Å². The minimum atomic E-state index is 0.505. The Balaban J connectivity index is 2.19. The van der Waals surface area contributed by atoms with Gasteiger partial charge in [0, 0.05) is 6.20 Å². The first-order valence-corrected chi connectivity index (χ1v) is 5.25. The summed E-state index contributed by atoms with van der Waals surface area (Å²) in [5.74, 6) is 0. The molecule has 0 saturated carbocycles. The maximum Gasteiger partial charge on any atom is 0.130 e. The van der Waals surface area contributed by atoms with Crippen LogP contribution in [0.15, 0.2) is 52.6 Å². The SMILES string of the molecule is Clc1cccc(Sc2ccccn2)n1. The van der Waals surface area contributed by atoms with Crippen LogP contribution in [0, 0.1) is 0 Å². The molecule has 0 aromatic carbocycles. The summed E-state index contributed by atoms with van der Waals surface area (Å²) in [6, 6.07) is 11.3. The minimum absolute atomic E-state index is 0.505. The van der Waals surface area contributed by atoms with Crippen molar-refractivity contribution in [1.29, 1.82) is 0 Å². The molecular formula is C10H7ClN2S. The van der Waals surface area contributed by atoms with E-state index in [-0.39, 0.29) is 0 Å². The largest absolute Gasteiger partial charge is 0.250 e. The fraction of sp³-hybridized carbons (Fsp3) is 0. The predicted octanol–water partition coefficient (Wildman–Crippen LogP) is 3.28. The van der Waals surface area contributed by atoms with Crippen LogP contribution in [0.5, 0.6) is 0 Å². The fourth-order valence-corrected chi connectivity index (χ4v) is 1.94. The van der Waals surface area contributed by atoms with Crippen LogP contribution in [-0.2, 0) is 0 Å². The summed E-state index contributed by atoms with van der Waals surface area (Å²) in [6.07, 6.45) is 1.76. The summed E-state index contributed by atoms with van der Waals surface area (Å²) in [6.45, 7) is 0. The van der Waals surface area contributed by atoms with Gasteiger partial charge in [-0.3, -0.25) is 0 Å². The Morgan fingerprint density at radius 2 is 1.86 bits per heavy atom. The van der Waals surface area contributed by atoms with E-state index in [1.54, 1.807) is 12.3 Å². The first kappa shape index (κ1) is 9.49. The van der Waals surface area contributed by atoms with Gasteiger partial charge in [-0.25, -0.2) is 9.97 Å². The van der Waals surface area contributed by atoms with Crippen LogP contribution in [0.4, 0.5) is 0 Å².